The van der Waals surface area contributed by atoms with Crippen molar-refractivity contribution in [3.8, 4) is 23.0 Å². The van der Waals surface area contributed by atoms with Crippen LogP contribution in [0.25, 0.3) is 93.5 Å². The summed E-state index contributed by atoms with van der Waals surface area (Å²) in [6.07, 6.45) is 1.89. The van der Waals surface area contributed by atoms with Gasteiger partial charge in [0.15, 0.2) is 0 Å². The summed E-state index contributed by atoms with van der Waals surface area (Å²) in [7, 11) is 0. The first kappa shape index (κ1) is 38.9. The van der Waals surface area contributed by atoms with E-state index in [0.717, 1.165) is 88.3 Å². The molecule has 6 nitrogen and oxygen atoms in total. The number of aromatic nitrogens is 5. The molecule has 0 saturated heterocycles. The molecule has 7 heteroatoms. The van der Waals surface area contributed by atoms with Gasteiger partial charge in [0.05, 0.1) is 33.1 Å². The van der Waals surface area contributed by atoms with Crippen molar-refractivity contribution in [2.24, 2.45) is 0 Å². The number of para-hydroxylation sites is 5. The van der Waals surface area contributed by atoms with E-state index in [9.17, 15) is 0 Å². The third-order valence-corrected chi connectivity index (χ3v) is 14.2. The van der Waals surface area contributed by atoms with Gasteiger partial charge in [0.25, 0.3) is 0 Å². The molecule has 15 rings (SSSR count). The van der Waals surface area contributed by atoms with Crippen molar-refractivity contribution < 1.29 is 25.2 Å². The molecule has 0 unspecified atom stereocenters. The van der Waals surface area contributed by atoms with E-state index in [2.05, 4.69) is 220 Å². The van der Waals surface area contributed by atoms with Crippen molar-refractivity contribution in [1.82, 2.24) is 23.5 Å². The van der Waals surface area contributed by atoms with Gasteiger partial charge in [-0.2, -0.15) is 6.07 Å². The molecule has 0 N–H and O–H groups in total. The Morgan fingerprint density at radius 3 is 1.88 bits per heavy atom. The topological polar surface area (TPSA) is 49.3 Å². The molecule has 9 aromatic carbocycles. The number of hydrogen-bond donors (Lipinski definition) is 0. The molecule has 14 aromatic rings. The van der Waals surface area contributed by atoms with Crippen LogP contribution in [0.5, 0.6) is 11.5 Å². The molecule has 320 valence electrons. The summed E-state index contributed by atoms with van der Waals surface area (Å²) in [5, 5.41) is 7.65. The average molecular weight is 960 g/mol. The quantitative estimate of drug-likeness (QED) is 0.0981. The first-order chi connectivity index (χ1) is 33.3. The summed E-state index contributed by atoms with van der Waals surface area (Å²) in [6.45, 7) is 0. The number of hydrogen-bond acceptors (Lipinski definition) is 3. The van der Waals surface area contributed by atoms with Crippen molar-refractivity contribution in [3.05, 3.63) is 247 Å². The van der Waals surface area contributed by atoms with Crippen LogP contribution in [0.3, 0.4) is 0 Å². The number of nitrogens with zero attached hydrogens (tertiary/aromatic N) is 5. The number of rotatable bonds is 5. The summed E-state index contributed by atoms with van der Waals surface area (Å²) in [5.41, 5.74) is 13.4. The molecular weight excluding hydrogens is 925 g/mol. The molecule has 0 bridgehead atoms. The summed E-state index contributed by atoms with van der Waals surface area (Å²) < 4.78 is 13.8. The molecule has 0 spiro atoms. The first-order valence-corrected chi connectivity index (χ1v) is 22.7. The second-order valence-corrected chi connectivity index (χ2v) is 17.5. The Labute approximate surface area is 403 Å². The Hall–Kier alpha value is -8.34. The minimum atomic E-state index is -0.604. The van der Waals surface area contributed by atoms with Crippen molar-refractivity contribution >= 4 is 82.0 Å². The van der Waals surface area contributed by atoms with Crippen molar-refractivity contribution in [1.29, 1.82) is 0 Å². The maximum atomic E-state index is 6.84. The molecule has 0 radical (unpaired) electrons. The Balaban J connectivity index is 0.00000437. The summed E-state index contributed by atoms with van der Waals surface area (Å²) >= 11 is 0. The number of pyridine rings is 2. The van der Waals surface area contributed by atoms with Gasteiger partial charge in [-0.3, -0.25) is 4.98 Å². The molecule has 1 aliphatic heterocycles. The largest absolute Gasteiger partial charge is 2.00 e. The van der Waals surface area contributed by atoms with Gasteiger partial charge in [0.2, 0.25) is 0 Å². The molecule has 0 aliphatic carbocycles. The molecule has 5 aromatic heterocycles. The van der Waals surface area contributed by atoms with Gasteiger partial charge in [0, 0.05) is 50.8 Å². The van der Waals surface area contributed by atoms with E-state index < -0.39 is 5.41 Å². The van der Waals surface area contributed by atoms with Crippen LogP contribution >= 0.6 is 0 Å². The predicted molar refractivity (Wildman–Crippen MR) is 270 cm³/mol. The van der Waals surface area contributed by atoms with Crippen LogP contribution < -0.4 is 4.74 Å². The van der Waals surface area contributed by atoms with E-state index in [1.807, 2.05) is 18.3 Å². The van der Waals surface area contributed by atoms with Crippen LogP contribution in [0.2, 0.25) is 0 Å². The van der Waals surface area contributed by atoms with E-state index in [-0.39, 0.29) is 20.4 Å². The van der Waals surface area contributed by atoms with Gasteiger partial charge in [-0.05, 0) is 69.9 Å². The Bertz CT molecular complexity index is 4320. The van der Waals surface area contributed by atoms with Crippen LogP contribution in [0.4, 0.5) is 0 Å². The van der Waals surface area contributed by atoms with Crippen LogP contribution in [0, 0.1) is 12.1 Å². The van der Waals surface area contributed by atoms with E-state index in [1.165, 1.54) is 27.5 Å². The molecule has 0 amide bonds. The molecule has 0 fully saturated rings. The van der Waals surface area contributed by atoms with Crippen LogP contribution in [0.15, 0.2) is 212 Å². The van der Waals surface area contributed by atoms with Gasteiger partial charge in [-0.1, -0.05) is 162 Å². The van der Waals surface area contributed by atoms with Crippen LogP contribution in [0.1, 0.15) is 22.3 Å². The van der Waals surface area contributed by atoms with E-state index in [0.29, 0.717) is 11.5 Å². The molecular formula is C61H35N5OPd. The second-order valence-electron chi connectivity index (χ2n) is 17.5. The van der Waals surface area contributed by atoms with Gasteiger partial charge < -0.3 is 18.3 Å². The zero-order valence-corrected chi connectivity index (χ0v) is 37.7. The fraction of sp³-hybridized carbons (Fsp3) is 0.0164. The molecule has 1 aliphatic rings. The van der Waals surface area contributed by atoms with Gasteiger partial charge >= 0.3 is 20.4 Å². The van der Waals surface area contributed by atoms with Gasteiger partial charge in [-0.25, -0.2) is 4.98 Å². The monoisotopic (exact) mass is 959 g/mol. The standard InChI is InChI=1S/C61H35N5O.Pd/c1-4-16-38(17-5-1)61(39-18-6-2-7-19-39)49-24-14-23-45-44-32-30-42(37-55(44)66(57(45)49)60-50(61)25-15-35-62-60)67-41-29-31-43-46-33-34-54-56(47-22-10-12-27-52(47)64(54)40-20-8-3-9-21-40)58(46)65-53-28-13-11-26-51(53)63-59(65)48(43)36-41;/h1-35H;/q-2;+2. The summed E-state index contributed by atoms with van der Waals surface area (Å²) in [6, 6.07) is 80.7. The number of ether oxygens (including phenoxy) is 1. The third kappa shape index (κ3) is 5.15. The maximum Gasteiger partial charge on any atom is 2.00 e. The fourth-order valence-corrected chi connectivity index (χ4v) is 11.5. The Kier molecular flexibility index (Phi) is 8.34. The molecule has 6 heterocycles. The van der Waals surface area contributed by atoms with Crippen molar-refractivity contribution in [2.45, 2.75) is 5.41 Å². The predicted octanol–water partition coefficient (Wildman–Crippen LogP) is 14.5. The second kappa shape index (κ2) is 14.6. The van der Waals surface area contributed by atoms with Gasteiger partial charge in [0.1, 0.15) is 5.82 Å². The van der Waals surface area contributed by atoms with E-state index >= 15 is 0 Å². The average Bonchev–Trinajstić information content (AvgIpc) is 4.06. The zero-order valence-electron chi connectivity index (χ0n) is 36.2. The molecule has 0 atom stereocenters. The molecule has 68 heavy (non-hydrogen) atoms. The number of imidazole rings is 1. The zero-order chi connectivity index (χ0) is 43.8. The SMILES string of the molecule is [Pd+2].[c-]1c(Oc2[c-]c3c(cc2)c2cccc4c2n3-c2ncccc2C4(c2ccccc2)c2ccccc2)ccc2c1c1nc3ccccc3n1c1c2ccc2c1c1ccccc1n2-c1ccccc1. The van der Waals surface area contributed by atoms with E-state index in [1.54, 1.807) is 0 Å². The maximum absolute atomic E-state index is 6.84. The molecule has 0 saturated carbocycles. The van der Waals surface area contributed by atoms with Crippen molar-refractivity contribution in [2.75, 3.05) is 0 Å². The van der Waals surface area contributed by atoms with E-state index in [4.69, 9.17) is 14.7 Å². The summed E-state index contributed by atoms with van der Waals surface area (Å²) in [5.74, 6) is 2.05. The first-order valence-electron chi connectivity index (χ1n) is 22.7. The number of fused-ring (bicyclic) bond motifs is 17. The normalized spacial score (nSPS) is 13.0. The van der Waals surface area contributed by atoms with Crippen LogP contribution in [-0.4, -0.2) is 23.5 Å². The van der Waals surface area contributed by atoms with Crippen LogP contribution in [-0.2, 0) is 25.8 Å². The Morgan fingerprint density at radius 1 is 0.456 bits per heavy atom. The minimum Gasteiger partial charge on any atom is -0.503 e. The van der Waals surface area contributed by atoms with Gasteiger partial charge in [-0.15, -0.1) is 29.7 Å². The Morgan fingerprint density at radius 2 is 1.09 bits per heavy atom. The smallest absolute Gasteiger partial charge is 0.503 e. The minimum absolute atomic E-state index is 0. The third-order valence-electron chi connectivity index (χ3n) is 14.2. The van der Waals surface area contributed by atoms with Crippen molar-refractivity contribution in [3.63, 3.8) is 0 Å². The fourth-order valence-electron chi connectivity index (χ4n) is 11.5. The summed E-state index contributed by atoms with van der Waals surface area (Å²) in [4.78, 5) is 10.5. The number of benzene rings is 9.